The summed E-state index contributed by atoms with van der Waals surface area (Å²) in [6.07, 6.45) is 0. The number of esters is 2. The Labute approximate surface area is 154 Å². The molecule has 128 valence electrons. The number of carbonyl (C=O) groups excluding carboxylic acids is 2. The van der Waals surface area contributed by atoms with Gasteiger partial charge in [-0.05, 0) is 5.56 Å². The fourth-order valence-electron chi connectivity index (χ4n) is 4.37. The molecule has 0 N–H and O–H groups in total. The molecule has 0 aromatic heterocycles. The molecular formula is C20H17BrO4. The van der Waals surface area contributed by atoms with E-state index in [9.17, 15) is 9.59 Å². The molecule has 0 radical (unpaired) electrons. The molecule has 2 aromatic carbocycles. The van der Waals surface area contributed by atoms with Crippen molar-refractivity contribution >= 4 is 27.9 Å². The topological polar surface area (TPSA) is 52.6 Å². The lowest BCUT2D eigenvalue weighted by molar-refractivity contribution is -0.195. The molecule has 2 aliphatic heterocycles. The lowest BCUT2D eigenvalue weighted by Crippen LogP contribution is -2.60. The van der Waals surface area contributed by atoms with Gasteiger partial charge in [-0.25, -0.2) is 0 Å². The largest absolute Gasteiger partial charge is 0.469 e. The molecular weight excluding hydrogens is 384 g/mol. The van der Waals surface area contributed by atoms with Crippen molar-refractivity contribution in [1.29, 1.82) is 0 Å². The summed E-state index contributed by atoms with van der Waals surface area (Å²) in [6.45, 7) is 0. The number of ether oxygens (including phenoxy) is 2. The molecule has 4 atom stereocenters. The van der Waals surface area contributed by atoms with E-state index >= 15 is 0 Å². The average Bonchev–Trinajstić information content (AvgIpc) is 2.67. The van der Waals surface area contributed by atoms with Crippen molar-refractivity contribution in [1.82, 2.24) is 0 Å². The first-order chi connectivity index (χ1) is 12.1. The number of hydrogen-bond donors (Lipinski definition) is 0. The molecule has 2 bridgehead atoms. The third-order valence-corrected chi connectivity index (χ3v) is 6.09. The third-order valence-electron chi connectivity index (χ3n) is 5.34. The molecule has 25 heavy (non-hydrogen) atoms. The van der Waals surface area contributed by atoms with E-state index in [4.69, 9.17) is 9.47 Å². The zero-order valence-electron chi connectivity index (χ0n) is 13.6. The summed E-state index contributed by atoms with van der Waals surface area (Å²) in [5.41, 5.74) is 1.44. The van der Waals surface area contributed by atoms with Crippen molar-refractivity contribution in [2.24, 2.45) is 11.8 Å². The van der Waals surface area contributed by atoms with Crippen LogP contribution in [0.3, 0.4) is 0 Å². The molecule has 0 saturated carbocycles. The molecule has 5 heteroatoms. The normalized spacial score (nSPS) is 29.7. The lowest BCUT2D eigenvalue weighted by atomic mass is 9.57. The zero-order chi connectivity index (χ0) is 17.6. The molecule has 3 aliphatic rings. The van der Waals surface area contributed by atoms with Crippen LogP contribution in [-0.4, -0.2) is 24.4 Å². The smallest absolute Gasteiger partial charge is 0.315 e. The maximum atomic E-state index is 12.8. The molecule has 0 unspecified atom stereocenters. The van der Waals surface area contributed by atoms with Gasteiger partial charge in [-0.1, -0.05) is 70.5 Å². The number of methoxy groups -OCH3 is 1. The third kappa shape index (κ3) is 2.11. The minimum atomic E-state index is -1.16. The predicted octanol–water partition coefficient (Wildman–Crippen LogP) is 3.38. The first kappa shape index (κ1) is 16.3. The summed E-state index contributed by atoms with van der Waals surface area (Å²) >= 11 is 3.51. The summed E-state index contributed by atoms with van der Waals surface area (Å²) in [4.78, 5) is 25.6. The Bertz CT molecular complexity index is 835. The Hall–Kier alpha value is -2.14. The van der Waals surface area contributed by atoms with E-state index in [1.807, 2.05) is 54.6 Å². The van der Waals surface area contributed by atoms with E-state index in [-0.39, 0.29) is 17.9 Å². The Morgan fingerprint density at radius 3 is 2.52 bits per heavy atom. The second-order valence-corrected chi connectivity index (χ2v) is 7.05. The van der Waals surface area contributed by atoms with Gasteiger partial charge in [-0.2, -0.15) is 0 Å². The minimum Gasteiger partial charge on any atom is -0.469 e. The minimum absolute atomic E-state index is 0.233. The van der Waals surface area contributed by atoms with Crippen LogP contribution in [0.5, 0.6) is 0 Å². The van der Waals surface area contributed by atoms with Crippen LogP contribution < -0.4 is 0 Å². The van der Waals surface area contributed by atoms with Crippen LogP contribution in [0.2, 0.25) is 0 Å². The molecule has 1 aliphatic carbocycles. The Kier molecular flexibility index (Phi) is 3.91. The van der Waals surface area contributed by atoms with Gasteiger partial charge in [0.05, 0.1) is 13.0 Å². The first-order valence-electron chi connectivity index (χ1n) is 8.16. The van der Waals surface area contributed by atoms with Gasteiger partial charge in [-0.3, -0.25) is 9.59 Å². The lowest BCUT2D eigenvalue weighted by Gasteiger charge is -2.54. The van der Waals surface area contributed by atoms with Gasteiger partial charge in [-0.15, -0.1) is 0 Å². The Morgan fingerprint density at radius 2 is 1.84 bits per heavy atom. The summed E-state index contributed by atoms with van der Waals surface area (Å²) in [6, 6.07) is 17.2. The van der Waals surface area contributed by atoms with Crippen molar-refractivity contribution in [2.45, 2.75) is 11.5 Å². The monoisotopic (exact) mass is 400 g/mol. The van der Waals surface area contributed by atoms with Crippen molar-refractivity contribution in [3.8, 4) is 0 Å². The van der Waals surface area contributed by atoms with Gasteiger partial charge in [0, 0.05) is 22.4 Å². The second kappa shape index (κ2) is 5.99. The fourth-order valence-corrected chi connectivity index (χ4v) is 5.11. The van der Waals surface area contributed by atoms with E-state index in [1.165, 1.54) is 7.11 Å². The maximum Gasteiger partial charge on any atom is 0.315 e. The molecule has 1 saturated heterocycles. The summed E-state index contributed by atoms with van der Waals surface area (Å²) < 4.78 is 11.1. The van der Waals surface area contributed by atoms with E-state index in [2.05, 4.69) is 15.9 Å². The molecule has 0 spiro atoms. The molecule has 5 rings (SSSR count). The van der Waals surface area contributed by atoms with E-state index in [1.54, 1.807) is 0 Å². The Morgan fingerprint density at radius 1 is 1.16 bits per heavy atom. The van der Waals surface area contributed by atoms with Crippen LogP contribution >= 0.6 is 15.9 Å². The highest BCUT2D eigenvalue weighted by Gasteiger charge is 2.65. The summed E-state index contributed by atoms with van der Waals surface area (Å²) in [5, 5.41) is 0.509. The van der Waals surface area contributed by atoms with Gasteiger partial charge in [0.1, 0.15) is 5.92 Å². The second-order valence-electron chi connectivity index (χ2n) is 6.41. The number of benzene rings is 2. The van der Waals surface area contributed by atoms with Crippen LogP contribution in [0.15, 0.2) is 54.6 Å². The average molecular weight is 401 g/mol. The van der Waals surface area contributed by atoms with Gasteiger partial charge >= 0.3 is 11.9 Å². The van der Waals surface area contributed by atoms with Crippen LogP contribution in [0.4, 0.5) is 0 Å². The molecule has 0 amide bonds. The number of rotatable bonds is 3. The van der Waals surface area contributed by atoms with E-state index in [0.29, 0.717) is 5.33 Å². The Balaban J connectivity index is 2.07. The maximum absolute atomic E-state index is 12.8. The van der Waals surface area contributed by atoms with Crippen molar-refractivity contribution in [3.05, 3.63) is 71.3 Å². The van der Waals surface area contributed by atoms with Crippen LogP contribution in [0, 0.1) is 11.8 Å². The zero-order valence-corrected chi connectivity index (χ0v) is 15.2. The quantitative estimate of drug-likeness (QED) is 0.585. The van der Waals surface area contributed by atoms with E-state index < -0.39 is 17.4 Å². The highest BCUT2D eigenvalue weighted by Crippen LogP contribution is 2.59. The predicted molar refractivity (Wildman–Crippen MR) is 95.3 cm³/mol. The van der Waals surface area contributed by atoms with Gasteiger partial charge in [0.2, 0.25) is 0 Å². The van der Waals surface area contributed by atoms with Crippen LogP contribution in [-0.2, 0) is 24.7 Å². The SMILES string of the molecule is COC(=O)[C@H]1[C@H](CBr)[C@@H]2C(=O)O[C@@]1(c1ccccc1)c1ccccc12. The van der Waals surface area contributed by atoms with Crippen LogP contribution in [0.25, 0.3) is 0 Å². The molecule has 2 heterocycles. The number of halogens is 1. The summed E-state index contributed by atoms with van der Waals surface area (Å²) in [7, 11) is 1.38. The fraction of sp³-hybridized carbons (Fsp3) is 0.300. The van der Waals surface area contributed by atoms with Crippen molar-refractivity contribution < 1.29 is 19.1 Å². The highest BCUT2D eigenvalue weighted by atomic mass is 79.9. The van der Waals surface area contributed by atoms with Gasteiger partial charge in [0.15, 0.2) is 5.60 Å². The number of hydrogen-bond acceptors (Lipinski definition) is 4. The number of carbonyl (C=O) groups is 2. The number of fused-ring (bicyclic) bond motifs is 2. The van der Waals surface area contributed by atoms with E-state index in [0.717, 1.165) is 16.7 Å². The first-order valence-corrected chi connectivity index (χ1v) is 9.29. The van der Waals surface area contributed by atoms with Crippen molar-refractivity contribution in [2.75, 3.05) is 12.4 Å². The van der Waals surface area contributed by atoms with Crippen LogP contribution in [0.1, 0.15) is 22.6 Å². The van der Waals surface area contributed by atoms with Gasteiger partial charge in [0.25, 0.3) is 0 Å². The number of alkyl halides is 1. The molecule has 2 aromatic rings. The standard InChI is InChI=1S/C20H17BrO4/c1-24-19(23)17-14(11-21)16-13-9-5-6-10-15(13)20(17,25-18(16)22)12-7-3-2-4-8-12/h2-10,14,16-17H,11H2,1H3/t14-,16-,17-,20+/m1/s1. The van der Waals surface area contributed by atoms with Crippen molar-refractivity contribution in [3.63, 3.8) is 0 Å². The molecule has 1 fully saturated rings. The summed E-state index contributed by atoms with van der Waals surface area (Å²) in [5.74, 6) is -1.95. The molecule has 4 nitrogen and oxygen atoms in total. The van der Waals surface area contributed by atoms with Gasteiger partial charge < -0.3 is 9.47 Å². The highest BCUT2D eigenvalue weighted by molar-refractivity contribution is 9.09.